The third-order valence-electron chi connectivity index (χ3n) is 2.76. The van der Waals surface area contributed by atoms with Gasteiger partial charge in [-0.05, 0) is 46.0 Å². The summed E-state index contributed by atoms with van der Waals surface area (Å²) in [7, 11) is 4.24. The summed E-state index contributed by atoms with van der Waals surface area (Å²) in [5.74, 6) is 0. The SMILES string of the molecule is CCCNC(Cc1cnn(CC)c1)CN(C)C. The average molecular weight is 238 g/mol. The Kier molecular flexibility index (Phi) is 6.22. The summed E-state index contributed by atoms with van der Waals surface area (Å²) in [6.45, 7) is 7.41. The van der Waals surface area contributed by atoms with E-state index in [-0.39, 0.29) is 0 Å². The fourth-order valence-corrected chi connectivity index (χ4v) is 1.96. The van der Waals surface area contributed by atoms with Crippen LogP contribution < -0.4 is 5.32 Å². The number of aryl methyl sites for hydroxylation is 1. The van der Waals surface area contributed by atoms with Crippen LogP contribution in [0.25, 0.3) is 0 Å². The zero-order valence-electron chi connectivity index (χ0n) is 11.6. The molecule has 1 aromatic heterocycles. The Hall–Kier alpha value is -0.870. The fraction of sp³-hybridized carbons (Fsp3) is 0.769. The van der Waals surface area contributed by atoms with Crippen molar-refractivity contribution in [2.75, 3.05) is 27.2 Å². The van der Waals surface area contributed by atoms with Crippen LogP contribution in [0.1, 0.15) is 25.8 Å². The lowest BCUT2D eigenvalue weighted by Gasteiger charge is -2.21. The smallest absolute Gasteiger partial charge is 0.0522 e. The zero-order valence-corrected chi connectivity index (χ0v) is 11.6. The van der Waals surface area contributed by atoms with Crippen molar-refractivity contribution in [3.63, 3.8) is 0 Å². The first-order valence-corrected chi connectivity index (χ1v) is 6.55. The largest absolute Gasteiger partial charge is 0.312 e. The number of aromatic nitrogens is 2. The second-order valence-corrected chi connectivity index (χ2v) is 4.82. The molecule has 1 rings (SSSR count). The van der Waals surface area contributed by atoms with E-state index in [0.29, 0.717) is 6.04 Å². The summed E-state index contributed by atoms with van der Waals surface area (Å²) >= 11 is 0. The second-order valence-electron chi connectivity index (χ2n) is 4.82. The molecule has 1 atom stereocenters. The first kappa shape index (κ1) is 14.2. The molecule has 1 heterocycles. The number of likely N-dealkylation sites (N-methyl/N-ethyl adjacent to an activating group) is 1. The minimum absolute atomic E-state index is 0.513. The van der Waals surface area contributed by atoms with Crippen LogP contribution in [0.15, 0.2) is 12.4 Å². The average Bonchev–Trinajstić information content (AvgIpc) is 2.73. The van der Waals surface area contributed by atoms with Gasteiger partial charge in [-0.1, -0.05) is 6.92 Å². The Bertz CT molecular complexity index is 306. The minimum Gasteiger partial charge on any atom is -0.312 e. The van der Waals surface area contributed by atoms with Crippen molar-refractivity contribution in [1.82, 2.24) is 20.0 Å². The summed E-state index contributed by atoms with van der Waals surface area (Å²) in [6, 6.07) is 0.513. The van der Waals surface area contributed by atoms with Crippen LogP contribution in [-0.2, 0) is 13.0 Å². The van der Waals surface area contributed by atoms with Crippen molar-refractivity contribution in [1.29, 1.82) is 0 Å². The molecule has 4 nitrogen and oxygen atoms in total. The van der Waals surface area contributed by atoms with Crippen molar-refractivity contribution in [3.05, 3.63) is 18.0 Å². The molecule has 98 valence electrons. The molecule has 0 aliphatic carbocycles. The van der Waals surface area contributed by atoms with Crippen LogP contribution in [0.5, 0.6) is 0 Å². The molecule has 0 fully saturated rings. The Balaban J connectivity index is 2.51. The predicted molar refractivity (Wildman–Crippen MR) is 72.2 cm³/mol. The van der Waals surface area contributed by atoms with Crippen molar-refractivity contribution in [2.24, 2.45) is 0 Å². The van der Waals surface area contributed by atoms with Gasteiger partial charge in [-0.3, -0.25) is 4.68 Å². The van der Waals surface area contributed by atoms with Crippen LogP contribution in [0.2, 0.25) is 0 Å². The van der Waals surface area contributed by atoms with Gasteiger partial charge >= 0.3 is 0 Å². The number of rotatable bonds is 8. The summed E-state index contributed by atoms with van der Waals surface area (Å²) in [5.41, 5.74) is 1.32. The number of hydrogen-bond donors (Lipinski definition) is 1. The first-order valence-electron chi connectivity index (χ1n) is 6.55. The second kappa shape index (κ2) is 7.45. The monoisotopic (exact) mass is 238 g/mol. The van der Waals surface area contributed by atoms with Gasteiger partial charge in [0.05, 0.1) is 6.20 Å². The maximum atomic E-state index is 4.32. The van der Waals surface area contributed by atoms with Gasteiger partial charge in [-0.25, -0.2) is 0 Å². The summed E-state index contributed by atoms with van der Waals surface area (Å²) in [5, 5.41) is 7.92. The van der Waals surface area contributed by atoms with E-state index >= 15 is 0 Å². The summed E-state index contributed by atoms with van der Waals surface area (Å²) in [4.78, 5) is 2.23. The first-order chi connectivity index (χ1) is 8.15. The molecular weight excluding hydrogens is 212 g/mol. The summed E-state index contributed by atoms with van der Waals surface area (Å²) < 4.78 is 1.99. The minimum atomic E-state index is 0.513. The lowest BCUT2D eigenvalue weighted by Crippen LogP contribution is -2.40. The van der Waals surface area contributed by atoms with E-state index in [0.717, 1.165) is 26.1 Å². The lowest BCUT2D eigenvalue weighted by molar-refractivity contribution is 0.336. The topological polar surface area (TPSA) is 33.1 Å². The van der Waals surface area contributed by atoms with E-state index in [4.69, 9.17) is 0 Å². The molecule has 1 aromatic rings. The highest BCUT2D eigenvalue weighted by Gasteiger charge is 2.11. The molecule has 0 aliphatic rings. The van der Waals surface area contributed by atoms with Crippen LogP contribution in [0.3, 0.4) is 0 Å². The zero-order chi connectivity index (χ0) is 12.7. The molecule has 4 heteroatoms. The highest BCUT2D eigenvalue weighted by atomic mass is 15.3. The molecule has 0 aromatic carbocycles. The van der Waals surface area contributed by atoms with Gasteiger partial charge in [0, 0.05) is 25.3 Å². The maximum absolute atomic E-state index is 4.32. The molecule has 0 radical (unpaired) electrons. The quantitative estimate of drug-likeness (QED) is 0.742. The van der Waals surface area contributed by atoms with E-state index in [9.17, 15) is 0 Å². The van der Waals surface area contributed by atoms with Gasteiger partial charge in [0.1, 0.15) is 0 Å². The van der Waals surface area contributed by atoms with Crippen molar-refractivity contribution in [2.45, 2.75) is 39.3 Å². The molecule has 0 amide bonds. The van der Waals surface area contributed by atoms with Crippen LogP contribution in [-0.4, -0.2) is 47.9 Å². The maximum Gasteiger partial charge on any atom is 0.0522 e. The van der Waals surface area contributed by atoms with Gasteiger partial charge in [0.2, 0.25) is 0 Å². The lowest BCUT2D eigenvalue weighted by atomic mass is 10.1. The van der Waals surface area contributed by atoms with Crippen LogP contribution >= 0.6 is 0 Å². The van der Waals surface area contributed by atoms with Crippen LogP contribution in [0, 0.1) is 0 Å². The molecule has 0 spiro atoms. The highest BCUT2D eigenvalue weighted by molar-refractivity contribution is 5.06. The van der Waals surface area contributed by atoms with Crippen molar-refractivity contribution >= 4 is 0 Å². The van der Waals surface area contributed by atoms with E-state index in [1.54, 1.807) is 0 Å². The Morgan fingerprint density at radius 2 is 2.18 bits per heavy atom. The van der Waals surface area contributed by atoms with Gasteiger partial charge in [0.15, 0.2) is 0 Å². The highest BCUT2D eigenvalue weighted by Crippen LogP contribution is 2.03. The van der Waals surface area contributed by atoms with Crippen molar-refractivity contribution < 1.29 is 0 Å². The normalized spacial score (nSPS) is 13.2. The predicted octanol–water partition coefficient (Wildman–Crippen LogP) is 1.38. The molecule has 17 heavy (non-hydrogen) atoms. The molecular formula is C13H26N4. The third kappa shape index (κ3) is 5.33. The van der Waals surface area contributed by atoms with Gasteiger partial charge in [-0.2, -0.15) is 5.10 Å². The van der Waals surface area contributed by atoms with Gasteiger partial charge in [-0.15, -0.1) is 0 Å². The molecule has 1 unspecified atom stereocenters. The fourth-order valence-electron chi connectivity index (χ4n) is 1.96. The number of nitrogens with zero attached hydrogens (tertiary/aromatic N) is 3. The van der Waals surface area contributed by atoms with Crippen LogP contribution in [0.4, 0.5) is 0 Å². The summed E-state index contributed by atoms with van der Waals surface area (Å²) in [6.07, 6.45) is 6.37. The van der Waals surface area contributed by atoms with E-state index in [2.05, 4.69) is 49.5 Å². The third-order valence-corrected chi connectivity index (χ3v) is 2.76. The van der Waals surface area contributed by atoms with E-state index < -0.39 is 0 Å². The van der Waals surface area contributed by atoms with E-state index in [1.165, 1.54) is 12.0 Å². The Morgan fingerprint density at radius 1 is 1.41 bits per heavy atom. The molecule has 0 saturated heterocycles. The van der Waals surface area contributed by atoms with E-state index in [1.807, 2.05) is 10.9 Å². The standard InChI is InChI=1S/C13H26N4/c1-5-7-14-13(11-16(3)4)8-12-9-15-17(6-2)10-12/h9-10,13-14H,5-8,11H2,1-4H3. The Morgan fingerprint density at radius 3 is 2.71 bits per heavy atom. The Labute approximate surface area is 105 Å². The number of nitrogens with one attached hydrogen (secondary N) is 1. The molecule has 0 bridgehead atoms. The molecule has 0 saturated carbocycles. The van der Waals surface area contributed by atoms with Gasteiger partial charge in [0.25, 0.3) is 0 Å². The van der Waals surface area contributed by atoms with Gasteiger partial charge < -0.3 is 10.2 Å². The molecule has 1 N–H and O–H groups in total. The molecule has 0 aliphatic heterocycles. The van der Waals surface area contributed by atoms with Crippen molar-refractivity contribution in [3.8, 4) is 0 Å². The number of hydrogen-bond acceptors (Lipinski definition) is 3.